The van der Waals surface area contributed by atoms with Gasteiger partial charge in [-0.15, -0.1) is 0 Å². The van der Waals surface area contributed by atoms with Gasteiger partial charge in [0, 0.05) is 13.1 Å². The number of alkyl halides is 3. The van der Waals surface area contributed by atoms with Crippen LogP contribution in [0.25, 0.3) is 0 Å². The summed E-state index contributed by atoms with van der Waals surface area (Å²) in [6, 6.07) is 7.21. The van der Waals surface area contributed by atoms with Gasteiger partial charge >= 0.3 is 6.18 Å². The molecule has 4 nitrogen and oxygen atoms in total. The van der Waals surface area contributed by atoms with Gasteiger partial charge in [0.25, 0.3) is 0 Å². The van der Waals surface area contributed by atoms with Gasteiger partial charge in [0.2, 0.25) is 5.91 Å². The van der Waals surface area contributed by atoms with Crippen molar-refractivity contribution in [1.29, 1.82) is 0 Å². The number of hydrogen-bond acceptors (Lipinski definition) is 3. The monoisotopic (exact) mass is 344 g/mol. The maximum atomic E-state index is 12.5. The molecule has 2 rings (SSSR count). The molecule has 134 valence electrons. The molecule has 1 fully saturated rings. The number of likely N-dealkylation sites (tertiary alicyclic amines) is 1. The highest BCUT2D eigenvalue weighted by Crippen LogP contribution is 2.33. The maximum absolute atomic E-state index is 12.5. The van der Waals surface area contributed by atoms with E-state index in [9.17, 15) is 18.0 Å². The first-order chi connectivity index (χ1) is 11.2. The van der Waals surface area contributed by atoms with E-state index in [4.69, 9.17) is 4.74 Å². The van der Waals surface area contributed by atoms with Gasteiger partial charge < -0.3 is 10.1 Å². The van der Waals surface area contributed by atoms with E-state index in [0.29, 0.717) is 0 Å². The van der Waals surface area contributed by atoms with Crippen molar-refractivity contribution in [3.05, 3.63) is 29.8 Å². The van der Waals surface area contributed by atoms with Gasteiger partial charge in [-0.2, -0.15) is 13.2 Å². The third-order valence-corrected chi connectivity index (χ3v) is 4.25. The zero-order chi connectivity index (χ0) is 17.9. The summed E-state index contributed by atoms with van der Waals surface area (Å²) in [5, 5.41) is 2.92. The van der Waals surface area contributed by atoms with Crippen molar-refractivity contribution in [3.8, 4) is 5.75 Å². The Labute approximate surface area is 140 Å². The van der Waals surface area contributed by atoms with E-state index in [1.54, 1.807) is 7.11 Å². The second-order valence-electron chi connectivity index (χ2n) is 6.49. The maximum Gasteiger partial charge on any atom is 0.394 e. The van der Waals surface area contributed by atoms with Crippen LogP contribution in [0.2, 0.25) is 0 Å². The van der Waals surface area contributed by atoms with Gasteiger partial charge in [0.05, 0.1) is 25.6 Å². The summed E-state index contributed by atoms with van der Waals surface area (Å²) in [5.74, 6) is -0.689. The first-order valence-corrected chi connectivity index (χ1v) is 7.93. The smallest absolute Gasteiger partial charge is 0.394 e. The number of ether oxygens (including phenoxy) is 1. The van der Waals surface area contributed by atoms with E-state index in [-0.39, 0.29) is 37.5 Å². The highest BCUT2D eigenvalue weighted by molar-refractivity contribution is 5.78. The number of carbonyl (C=O) groups is 1. The predicted octanol–water partition coefficient (Wildman–Crippen LogP) is 3.00. The standard InChI is InChI=1S/C17H23F3N2O2/c1-11(2)16(12-4-6-14(24-3)7-5-12)21-15(23)10-22-8-13(9-22)17(18,19)20/h4-7,11,13,16H,8-10H2,1-3H3,(H,21,23)/t16-/m0/s1. The molecule has 0 spiro atoms. The molecule has 0 aromatic heterocycles. The predicted molar refractivity (Wildman–Crippen MR) is 84.7 cm³/mol. The number of benzene rings is 1. The summed E-state index contributed by atoms with van der Waals surface area (Å²) < 4.78 is 42.5. The summed E-state index contributed by atoms with van der Waals surface area (Å²) in [7, 11) is 1.58. The number of methoxy groups -OCH3 is 1. The molecule has 1 heterocycles. The molecule has 1 aromatic carbocycles. The highest BCUT2D eigenvalue weighted by atomic mass is 19.4. The molecule has 1 aliphatic rings. The lowest BCUT2D eigenvalue weighted by Gasteiger charge is -2.39. The SMILES string of the molecule is COc1ccc([C@@H](NC(=O)CN2CC(C(F)(F)F)C2)C(C)C)cc1. The Morgan fingerprint density at radius 1 is 1.29 bits per heavy atom. The molecule has 0 bridgehead atoms. The summed E-state index contributed by atoms with van der Waals surface area (Å²) in [6.07, 6.45) is -4.17. The second-order valence-corrected chi connectivity index (χ2v) is 6.49. The largest absolute Gasteiger partial charge is 0.497 e. The van der Waals surface area contributed by atoms with Gasteiger partial charge in [-0.05, 0) is 23.6 Å². The van der Waals surface area contributed by atoms with Crippen molar-refractivity contribution in [1.82, 2.24) is 10.2 Å². The van der Waals surface area contributed by atoms with Crippen LogP contribution in [0.1, 0.15) is 25.5 Å². The first-order valence-electron chi connectivity index (χ1n) is 7.93. The molecular weight excluding hydrogens is 321 g/mol. The van der Waals surface area contributed by atoms with Crippen molar-refractivity contribution >= 4 is 5.91 Å². The van der Waals surface area contributed by atoms with Crippen LogP contribution in [-0.2, 0) is 4.79 Å². The zero-order valence-corrected chi connectivity index (χ0v) is 14.1. The fraction of sp³-hybridized carbons (Fsp3) is 0.588. The lowest BCUT2D eigenvalue weighted by Crippen LogP contribution is -2.56. The summed E-state index contributed by atoms with van der Waals surface area (Å²) in [5.41, 5.74) is 0.941. The number of rotatable bonds is 6. The molecule has 1 atom stereocenters. The Bertz CT molecular complexity index is 552. The van der Waals surface area contributed by atoms with Gasteiger partial charge in [-0.1, -0.05) is 26.0 Å². The number of hydrogen-bond donors (Lipinski definition) is 1. The van der Waals surface area contributed by atoms with Crippen molar-refractivity contribution < 1.29 is 22.7 Å². The first kappa shape index (κ1) is 18.6. The Balaban J connectivity index is 1.90. The molecule has 1 N–H and O–H groups in total. The third-order valence-electron chi connectivity index (χ3n) is 4.25. The van der Waals surface area contributed by atoms with Crippen LogP contribution in [0.4, 0.5) is 13.2 Å². The molecule has 0 saturated carbocycles. The van der Waals surface area contributed by atoms with E-state index < -0.39 is 12.1 Å². The topological polar surface area (TPSA) is 41.6 Å². The van der Waals surface area contributed by atoms with Crippen molar-refractivity contribution in [2.75, 3.05) is 26.7 Å². The summed E-state index contributed by atoms with van der Waals surface area (Å²) >= 11 is 0. The fourth-order valence-corrected chi connectivity index (χ4v) is 2.77. The molecule has 0 aliphatic carbocycles. The third kappa shape index (κ3) is 4.63. The van der Waals surface area contributed by atoms with Crippen LogP contribution in [-0.4, -0.2) is 43.7 Å². The quantitative estimate of drug-likeness (QED) is 0.863. The fourth-order valence-electron chi connectivity index (χ4n) is 2.77. The van der Waals surface area contributed by atoms with E-state index in [0.717, 1.165) is 11.3 Å². The minimum absolute atomic E-state index is 0.00798. The molecule has 1 saturated heterocycles. The lowest BCUT2D eigenvalue weighted by molar-refractivity contribution is -0.209. The van der Waals surface area contributed by atoms with Crippen molar-refractivity contribution in [2.24, 2.45) is 11.8 Å². The summed E-state index contributed by atoms with van der Waals surface area (Å²) in [6.45, 7) is 3.75. The molecular formula is C17H23F3N2O2. The number of amides is 1. The molecule has 1 aliphatic heterocycles. The van der Waals surface area contributed by atoms with E-state index >= 15 is 0 Å². The second kappa shape index (κ2) is 7.42. The van der Waals surface area contributed by atoms with Crippen molar-refractivity contribution in [2.45, 2.75) is 26.1 Å². The Hall–Kier alpha value is -1.76. The molecule has 0 unspecified atom stereocenters. The number of nitrogens with zero attached hydrogens (tertiary/aromatic N) is 1. The van der Waals surface area contributed by atoms with Crippen LogP contribution >= 0.6 is 0 Å². The molecule has 0 radical (unpaired) electrons. The Morgan fingerprint density at radius 2 is 1.88 bits per heavy atom. The van der Waals surface area contributed by atoms with E-state index in [1.165, 1.54) is 4.90 Å². The highest BCUT2D eigenvalue weighted by Gasteiger charge is 2.47. The van der Waals surface area contributed by atoms with Crippen LogP contribution in [0.5, 0.6) is 5.75 Å². The van der Waals surface area contributed by atoms with Gasteiger partial charge in [0.1, 0.15) is 5.75 Å². The van der Waals surface area contributed by atoms with E-state index in [2.05, 4.69) is 5.32 Å². The molecule has 1 aromatic rings. The van der Waals surface area contributed by atoms with Crippen LogP contribution in [0, 0.1) is 11.8 Å². The summed E-state index contributed by atoms with van der Waals surface area (Å²) in [4.78, 5) is 13.7. The number of nitrogens with one attached hydrogen (secondary N) is 1. The van der Waals surface area contributed by atoms with Crippen LogP contribution in [0.15, 0.2) is 24.3 Å². The average molecular weight is 344 g/mol. The Morgan fingerprint density at radius 3 is 2.33 bits per heavy atom. The van der Waals surface area contributed by atoms with Crippen LogP contribution in [0.3, 0.4) is 0 Å². The normalized spacial score (nSPS) is 17.5. The van der Waals surface area contributed by atoms with Crippen molar-refractivity contribution in [3.63, 3.8) is 0 Å². The number of carbonyl (C=O) groups excluding carboxylic acids is 1. The average Bonchev–Trinajstić information content (AvgIpc) is 2.46. The van der Waals surface area contributed by atoms with E-state index in [1.807, 2.05) is 38.1 Å². The Kier molecular flexibility index (Phi) is 5.74. The molecule has 7 heteroatoms. The number of halogens is 3. The lowest BCUT2D eigenvalue weighted by atomic mass is 9.95. The minimum Gasteiger partial charge on any atom is -0.497 e. The van der Waals surface area contributed by atoms with Gasteiger partial charge in [-0.3, -0.25) is 9.69 Å². The molecule has 1 amide bonds. The van der Waals surface area contributed by atoms with Gasteiger partial charge in [-0.25, -0.2) is 0 Å². The van der Waals surface area contributed by atoms with Crippen LogP contribution < -0.4 is 10.1 Å². The van der Waals surface area contributed by atoms with Gasteiger partial charge in [0.15, 0.2) is 0 Å². The molecule has 24 heavy (non-hydrogen) atoms. The zero-order valence-electron chi connectivity index (χ0n) is 14.1. The minimum atomic E-state index is -4.17.